The summed E-state index contributed by atoms with van der Waals surface area (Å²) < 4.78 is 4.80. The normalized spacial score (nSPS) is 11.0. The minimum atomic E-state index is -0.691. The molecule has 0 aromatic heterocycles. The number of nitrogens with one attached hydrogen (secondary N) is 1. The summed E-state index contributed by atoms with van der Waals surface area (Å²) in [6.45, 7) is 1.83. The quantitative estimate of drug-likeness (QED) is 0.252. The van der Waals surface area contributed by atoms with Crippen LogP contribution in [-0.2, 0) is 14.3 Å². The van der Waals surface area contributed by atoms with Crippen LogP contribution in [0.1, 0.15) is 18.1 Å². The van der Waals surface area contributed by atoms with E-state index in [1.807, 2.05) is 0 Å². The Kier molecular flexibility index (Phi) is 7.39. The third-order valence-electron chi connectivity index (χ3n) is 3.64. The Morgan fingerprint density at radius 2 is 1.76 bits per heavy atom. The third kappa shape index (κ3) is 6.45. The molecule has 0 spiro atoms. The molecule has 1 amide bonds. The van der Waals surface area contributed by atoms with Crippen molar-refractivity contribution >= 4 is 35.4 Å². The molecule has 0 aliphatic rings. The van der Waals surface area contributed by atoms with Gasteiger partial charge in [-0.05, 0) is 54.5 Å². The van der Waals surface area contributed by atoms with Crippen LogP contribution in [0.15, 0.2) is 60.2 Å². The van der Waals surface area contributed by atoms with E-state index in [1.54, 1.807) is 49.4 Å². The molecule has 0 saturated heterocycles. The minimum Gasteiger partial charge on any atom is -0.462 e. The highest BCUT2D eigenvalue weighted by Gasteiger charge is 2.09. The van der Waals surface area contributed by atoms with Gasteiger partial charge in [-0.2, -0.15) is 5.26 Å². The van der Waals surface area contributed by atoms with Crippen molar-refractivity contribution in [3.8, 4) is 6.07 Å². The Morgan fingerprint density at radius 1 is 1.14 bits per heavy atom. The summed E-state index contributed by atoms with van der Waals surface area (Å²) >= 11 is 0. The van der Waals surface area contributed by atoms with E-state index in [-0.39, 0.29) is 23.8 Å². The molecule has 0 aliphatic carbocycles. The van der Waals surface area contributed by atoms with Crippen molar-refractivity contribution in [3.63, 3.8) is 0 Å². The number of nitro groups is 1. The lowest BCUT2D eigenvalue weighted by atomic mass is 10.1. The number of carbonyl (C=O) groups is 2. The molecule has 146 valence electrons. The number of nitrogens with zero attached hydrogens (tertiary/aromatic N) is 2. The maximum atomic E-state index is 12.0. The largest absolute Gasteiger partial charge is 0.462 e. The molecule has 0 atom stereocenters. The summed E-state index contributed by atoms with van der Waals surface area (Å²) in [5, 5.41) is 22.3. The van der Waals surface area contributed by atoms with Crippen LogP contribution >= 0.6 is 0 Å². The molecule has 0 aliphatic heterocycles. The van der Waals surface area contributed by atoms with Gasteiger partial charge in [-0.25, -0.2) is 4.79 Å². The topological polar surface area (TPSA) is 122 Å². The number of ether oxygens (including phenoxy) is 1. The predicted molar refractivity (Wildman–Crippen MR) is 107 cm³/mol. The molecule has 0 unspecified atom stereocenters. The van der Waals surface area contributed by atoms with Crippen LogP contribution in [0.5, 0.6) is 0 Å². The number of non-ortho nitro benzene ring substituents is 1. The SMILES string of the molecule is CCOC(=O)/C(C#N)=C/c1ccc(NC(=O)/C=C\c2ccc([N+](=O)[O-])cc2)cc1. The van der Waals surface area contributed by atoms with Crippen LogP contribution in [0, 0.1) is 21.4 Å². The maximum absolute atomic E-state index is 12.0. The summed E-state index contributed by atoms with van der Waals surface area (Å²) in [4.78, 5) is 33.8. The zero-order valence-corrected chi connectivity index (χ0v) is 15.5. The Hall–Kier alpha value is -4.25. The number of nitro benzene ring substituents is 1. The number of carbonyl (C=O) groups excluding carboxylic acids is 2. The highest BCUT2D eigenvalue weighted by atomic mass is 16.6. The molecule has 8 nitrogen and oxygen atoms in total. The number of rotatable bonds is 7. The Morgan fingerprint density at radius 3 is 2.31 bits per heavy atom. The molecular weight excluding hydrogens is 374 g/mol. The van der Waals surface area contributed by atoms with E-state index in [0.29, 0.717) is 16.8 Å². The number of nitriles is 1. The van der Waals surface area contributed by atoms with Crippen LogP contribution < -0.4 is 5.32 Å². The van der Waals surface area contributed by atoms with E-state index in [2.05, 4.69) is 5.32 Å². The molecule has 2 rings (SSSR count). The van der Waals surface area contributed by atoms with Gasteiger partial charge in [-0.1, -0.05) is 12.1 Å². The van der Waals surface area contributed by atoms with E-state index >= 15 is 0 Å². The average Bonchev–Trinajstić information content (AvgIpc) is 2.72. The first-order chi connectivity index (χ1) is 13.9. The van der Waals surface area contributed by atoms with Gasteiger partial charge in [-0.15, -0.1) is 0 Å². The van der Waals surface area contributed by atoms with E-state index in [1.165, 1.54) is 30.4 Å². The van der Waals surface area contributed by atoms with Crippen molar-refractivity contribution in [3.05, 3.63) is 81.4 Å². The van der Waals surface area contributed by atoms with Crippen molar-refractivity contribution in [2.75, 3.05) is 11.9 Å². The first kappa shape index (κ1) is 21.1. The lowest BCUT2D eigenvalue weighted by Crippen LogP contribution is -2.07. The van der Waals surface area contributed by atoms with Crippen molar-refractivity contribution < 1.29 is 19.2 Å². The second kappa shape index (κ2) is 10.2. The summed E-state index contributed by atoms with van der Waals surface area (Å²) in [5.41, 5.74) is 1.64. The number of hydrogen-bond acceptors (Lipinski definition) is 6. The summed E-state index contributed by atoms with van der Waals surface area (Å²) in [6, 6.07) is 14.1. The van der Waals surface area contributed by atoms with Gasteiger partial charge in [-0.3, -0.25) is 14.9 Å². The van der Waals surface area contributed by atoms with Gasteiger partial charge in [0, 0.05) is 23.9 Å². The molecule has 1 N–H and O–H groups in total. The molecular formula is C21H17N3O5. The van der Waals surface area contributed by atoms with Crippen LogP contribution in [0.3, 0.4) is 0 Å². The van der Waals surface area contributed by atoms with Crippen molar-refractivity contribution in [2.24, 2.45) is 0 Å². The predicted octanol–water partition coefficient (Wildman–Crippen LogP) is 3.72. The van der Waals surface area contributed by atoms with Gasteiger partial charge in [0.05, 0.1) is 11.5 Å². The highest BCUT2D eigenvalue weighted by molar-refractivity contribution is 6.02. The number of hydrogen-bond donors (Lipinski definition) is 1. The monoisotopic (exact) mass is 391 g/mol. The van der Waals surface area contributed by atoms with E-state index in [9.17, 15) is 19.7 Å². The van der Waals surface area contributed by atoms with E-state index in [0.717, 1.165) is 0 Å². The van der Waals surface area contributed by atoms with Crippen LogP contribution in [-0.4, -0.2) is 23.4 Å². The van der Waals surface area contributed by atoms with Crippen molar-refractivity contribution in [1.82, 2.24) is 0 Å². The fraction of sp³-hybridized carbons (Fsp3) is 0.0952. The number of anilines is 1. The number of amides is 1. The molecule has 2 aromatic rings. The second-order valence-electron chi connectivity index (χ2n) is 5.68. The first-order valence-corrected chi connectivity index (χ1v) is 8.55. The molecule has 0 heterocycles. The average molecular weight is 391 g/mol. The fourth-order valence-electron chi connectivity index (χ4n) is 2.24. The lowest BCUT2D eigenvalue weighted by molar-refractivity contribution is -0.384. The number of esters is 1. The zero-order chi connectivity index (χ0) is 21.2. The van der Waals surface area contributed by atoms with Gasteiger partial charge < -0.3 is 10.1 Å². The fourth-order valence-corrected chi connectivity index (χ4v) is 2.24. The Labute approximate surface area is 166 Å². The maximum Gasteiger partial charge on any atom is 0.348 e. The third-order valence-corrected chi connectivity index (χ3v) is 3.64. The minimum absolute atomic E-state index is 0.0248. The lowest BCUT2D eigenvalue weighted by Gasteiger charge is -2.03. The van der Waals surface area contributed by atoms with Gasteiger partial charge in [0.25, 0.3) is 5.69 Å². The summed E-state index contributed by atoms with van der Waals surface area (Å²) in [6.07, 6.45) is 4.25. The molecule has 0 bridgehead atoms. The van der Waals surface area contributed by atoms with Crippen LogP contribution in [0.2, 0.25) is 0 Å². The molecule has 8 heteroatoms. The van der Waals surface area contributed by atoms with Crippen molar-refractivity contribution in [2.45, 2.75) is 6.92 Å². The van der Waals surface area contributed by atoms with Gasteiger partial charge in [0.2, 0.25) is 5.91 Å². The van der Waals surface area contributed by atoms with Crippen LogP contribution in [0.25, 0.3) is 12.2 Å². The second-order valence-corrected chi connectivity index (χ2v) is 5.68. The van der Waals surface area contributed by atoms with Gasteiger partial charge in [0.1, 0.15) is 11.6 Å². The number of benzene rings is 2. The smallest absolute Gasteiger partial charge is 0.348 e. The first-order valence-electron chi connectivity index (χ1n) is 8.55. The molecule has 29 heavy (non-hydrogen) atoms. The Balaban J connectivity index is 2.00. The Bertz CT molecular complexity index is 1000. The molecule has 0 fully saturated rings. The molecule has 2 aromatic carbocycles. The van der Waals surface area contributed by atoms with Gasteiger partial charge in [0.15, 0.2) is 0 Å². The summed E-state index contributed by atoms with van der Waals surface area (Å²) in [7, 11) is 0. The van der Waals surface area contributed by atoms with E-state index < -0.39 is 10.9 Å². The van der Waals surface area contributed by atoms with E-state index in [4.69, 9.17) is 10.00 Å². The molecule has 0 saturated carbocycles. The standard InChI is InChI=1S/C21H17N3O5/c1-2-29-21(26)17(14-22)13-16-3-8-18(9-4-16)23-20(25)12-7-15-5-10-19(11-6-15)24(27)28/h3-13H,2H2,1H3,(H,23,25)/b12-7-,17-13+. The summed E-state index contributed by atoms with van der Waals surface area (Å²) in [5.74, 6) is -1.07. The van der Waals surface area contributed by atoms with Crippen LogP contribution in [0.4, 0.5) is 11.4 Å². The van der Waals surface area contributed by atoms with Gasteiger partial charge >= 0.3 is 5.97 Å². The highest BCUT2D eigenvalue weighted by Crippen LogP contribution is 2.15. The molecule has 0 radical (unpaired) electrons. The zero-order valence-electron chi connectivity index (χ0n) is 15.5. The van der Waals surface area contributed by atoms with Crippen molar-refractivity contribution in [1.29, 1.82) is 5.26 Å².